The predicted octanol–water partition coefficient (Wildman–Crippen LogP) is 2.08. The Morgan fingerprint density at radius 1 is 1.43 bits per heavy atom. The maximum absolute atomic E-state index is 12.4. The van der Waals surface area contributed by atoms with Crippen molar-refractivity contribution in [2.24, 2.45) is 5.73 Å². The molecule has 0 bridgehead atoms. The summed E-state index contributed by atoms with van der Waals surface area (Å²) in [6, 6.07) is 6.88. The molecule has 1 aromatic carbocycles. The lowest BCUT2D eigenvalue weighted by Crippen LogP contribution is -2.49. The average Bonchev–Trinajstić information content (AvgIpc) is 2.93. The van der Waals surface area contributed by atoms with E-state index in [1.165, 1.54) is 0 Å². The molecule has 0 fully saturated rings. The molecule has 0 spiro atoms. The third-order valence-corrected chi connectivity index (χ3v) is 4.20. The first-order valence-electron chi connectivity index (χ1n) is 7.41. The monoisotopic (exact) mass is 334 g/mol. The molecular formula is C16H19ClN4O2. The molecule has 0 unspecified atom stereocenters. The second-order valence-electron chi connectivity index (χ2n) is 5.61. The largest absolute Gasteiger partial charge is 0.351 e. The Hall–Kier alpha value is -2.02. The minimum Gasteiger partial charge on any atom is -0.351 e. The van der Waals surface area contributed by atoms with E-state index in [0.717, 1.165) is 29.4 Å². The van der Waals surface area contributed by atoms with Gasteiger partial charge >= 0.3 is 0 Å². The fraction of sp³-hybridized carbons (Fsp3) is 0.312. The summed E-state index contributed by atoms with van der Waals surface area (Å²) < 4.78 is 0. The van der Waals surface area contributed by atoms with E-state index in [4.69, 9.17) is 22.2 Å². The van der Waals surface area contributed by atoms with Crippen molar-refractivity contribution >= 4 is 28.4 Å². The molecule has 2 atom stereocenters. The molecule has 1 aromatic heterocycles. The Kier molecular flexibility index (Phi) is 4.56. The van der Waals surface area contributed by atoms with Gasteiger partial charge < -0.3 is 16.0 Å². The minimum atomic E-state index is -0.260. The number of hydrogen-bond acceptors (Lipinski definition) is 4. The van der Waals surface area contributed by atoms with Gasteiger partial charge in [-0.05, 0) is 43.2 Å². The number of fused-ring (bicyclic) bond motifs is 1. The van der Waals surface area contributed by atoms with Crippen molar-refractivity contribution < 1.29 is 9.63 Å². The second-order valence-corrected chi connectivity index (χ2v) is 6.05. The molecule has 7 heteroatoms. The van der Waals surface area contributed by atoms with E-state index in [1.807, 2.05) is 18.2 Å². The third-order valence-electron chi connectivity index (χ3n) is 3.96. The molecule has 23 heavy (non-hydrogen) atoms. The van der Waals surface area contributed by atoms with Gasteiger partial charge in [-0.15, -0.1) is 0 Å². The first kappa shape index (κ1) is 15.9. The number of allylic oxidation sites excluding steroid dienone is 1. The van der Waals surface area contributed by atoms with Crippen molar-refractivity contribution in [2.75, 3.05) is 7.11 Å². The fourth-order valence-electron chi connectivity index (χ4n) is 2.79. The molecule has 0 saturated carbocycles. The summed E-state index contributed by atoms with van der Waals surface area (Å²) in [6.07, 6.45) is 3.40. The first-order chi connectivity index (χ1) is 11.1. The molecule has 0 saturated heterocycles. The van der Waals surface area contributed by atoms with Crippen molar-refractivity contribution in [1.29, 1.82) is 0 Å². The maximum Gasteiger partial charge on any atom is 0.268 e. The highest BCUT2D eigenvalue weighted by molar-refractivity contribution is 6.31. The van der Waals surface area contributed by atoms with Crippen LogP contribution < -0.4 is 16.5 Å². The number of halogens is 1. The molecular weight excluding hydrogens is 316 g/mol. The first-order valence-corrected chi connectivity index (χ1v) is 7.79. The van der Waals surface area contributed by atoms with E-state index in [-0.39, 0.29) is 18.0 Å². The van der Waals surface area contributed by atoms with Crippen molar-refractivity contribution in [1.82, 2.24) is 15.8 Å². The number of aromatic amines is 1. The zero-order valence-electron chi connectivity index (χ0n) is 12.7. The van der Waals surface area contributed by atoms with Crippen LogP contribution >= 0.6 is 11.6 Å². The summed E-state index contributed by atoms with van der Waals surface area (Å²) in [5, 5.41) is 4.53. The SMILES string of the molecule is CONC1=C[C@H](N)[C@H](NC(=O)c2cc3cc(Cl)ccc3[nH]2)CC1. The molecule has 0 radical (unpaired) electrons. The summed E-state index contributed by atoms with van der Waals surface area (Å²) in [5.74, 6) is -0.172. The van der Waals surface area contributed by atoms with Crippen LogP contribution in [0.1, 0.15) is 23.3 Å². The maximum atomic E-state index is 12.4. The van der Waals surface area contributed by atoms with Crippen molar-refractivity contribution in [3.63, 3.8) is 0 Å². The lowest BCUT2D eigenvalue weighted by Gasteiger charge is -2.28. The number of H-pyrrole nitrogens is 1. The number of hydrogen-bond donors (Lipinski definition) is 4. The van der Waals surface area contributed by atoms with E-state index in [1.54, 1.807) is 19.2 Å². The van der Waals surface area contributed by atoms with Gasteiger partial charge in [-0.3, -0.25) is 15.1 Å². The number of hydroxylamine groups is 1. The summed E-state index contributed by atoms with van der Waals surface area (Å²) in [4.78, 5) is 20.4. The lowest BCUT2D eigenvalue weighted by molar-refractivity contribution is 0.0918. The molecule has 1 heterocycles. The number of aromatic nitrogens is 1. The van der Waals surface area contributed by atoms with Crippen molar-refractivity contribution in [3.8, 4) is 0 Å². The standard InChI is InChI=1S/C16H19ClN4O2/c1-23-21-11-3-5-14(12(18)8-11)20-16(22)15-7-9-6-10(17)2-4-13(9)19-15/h2,4,6-8,12,14,19,21H,3,5,18H2,1H3,(H,20,22)/t12-,14+/m0/s1. The van der Waals surface area contributed by atoms with Crippen molar-refractivity contribution in [3.05, 3.63) is 46.8 Å². The Morgan fingerprint density at radius 2 is 2.26 bits per heavy atom. The van der Waals surface area contributed by atoms with E-state index in [0.29, 0.717) is 10.7 Å². The Labute approximate surface area is 139 Å². The molecule has 3 rings (SSSR count). The van der Waals surface area contributed by atoms with Gasteiger partial charge in [0.15, 0.2) is 0 Å². The van der Waals surface area contributed by atoms with Gasteiger partial charge in [0.1, 0.15) is 5.69 Å². The van der Waals surface area contributed by atoms with E-state index in [2.05, 4.69) is 15.8 Å². The van der Waals surface area contributed by atoms with E-state index in [9.17, 15) is 4.79 Å². The van der Waals surface area contributed by atoms with Crippen LogP contribution in [0.25, 0.3) is 10.9 Å². The van der Waals surface area contributed by atoms with Crippen LogP contribution in [0.4, 0.5) is 0 Å². The number of nitrogens with two attached hydrogens (primary N) is 1. The van der Waals surface area contributed by atoms with Gasteiger partial charge in [-0.25, -0.2) is 0 Å². The molecule has 2 aromatic rings. The number of amides is 1. The fourth-order valence-corrected chi connectivity index (χ4v) is 2.97. The van der Waals surface area contributed by atoms with Crippen LogP contribution in [-0.2, 0) is 4.84 Å². The number of carbonyl (C=O) groups excluding carboxylic acids is 1. The molecule has 1 aliphatic carbocycles. The molecule has 122 valence electrons. The highest BCUT2D eigenvalue weighted by Crippen LogP contribution is 2.21. The normalized spacial score (nSPS) is 21.1. The molecule has 5 N–H and O–H groups in total. The molecule has 0 aliphatic heterocycles. The number of benzene rings is 1. The topological polar surface area (TPSA) is 92.2 Å². The number of carbonyl (C=O) groups is 1. The Bertz CT molecular complexity index is 756. The van der Waals surface area contributed by atoms with Crippen LogP contribution in [0.15, 0.2) is 36.0 Å². The van der Waals surface area contributed by atoms with Gasteiger partial charge in [0.2, 0.25) is 0 Å². The van der Waals surface area contributed by atoms with Crippen molar-refractivity contribution in [2.45, 2.75) is 24.9 Å². The summed E-state index contributed by atoms with van der Waals surface area (Å²) >= 11 is 5.97. The highest BCUT2D eigenvalue weighted by Gasteiger charge is 2.24. The van der Waals surface area contributed by atoms with Crippen LogP contribution in [-0.4, -0.2) is 30.1 Å². The van der Waals surface area contributed by atoms with Gasteiger partial charge in [0.25, 0.3) is 5.91 Å². The second kappa shape index (κ2) is 6.62. The number of rotatable bonds is 4. The quantitative estimate of drug-likeness (QED) is 0.644. The summed E-state index contributed by atoms with van der Waals surface area (Å²) in [6.45, 7) is 0. The smallest absolute Gasteiger partial charge is 0.268 e. The van der Waals surface area contributed by atoms with Crippen LogP contribution in [0.2, 0.25) is 5.02 Å². The molecule has 1 aliphatic rings. The van der Waals surface area contributed by atoms with E-state index >= 15 is 0 Å². The van der Waals surface area contributed by atoms with Crippen LogP contribution in [0.5, 0.6) is 0 Å². The zero-order chi connectivity index (χ0) is 16.4. The minimum absolute atomic E-state index is 0.111. The van der Waals surface area contributed by atoms with E-state index < -0.39 is 0 Å². The average molecular weight is 335 g/mol. The predicted molar refractivity (Wildman–Crippen MR) is 90.0 cm³/mol. The van der Waals surface area contributed by atoms with Crippen LogP contribution in [0, 0.1) is 0 Å². The number of nitrogens with one attached hydrogen (secondary N) is 3. The Balaban J connectivity index is 1.71. The van der Waals surface area contributed by atoms with Gasteiger partial charge in [-0.1, -0.05) is 11.6 Å². The molecule has 1 amide bonds. The summed E-state index contributed by atoms with van der Waals surface area (Å²) in [7, 11) is 1.56. The summed E-state index contributed by atoms with van der Waals surface area (Å²) in [5.41, 5.74) is 11.2. The highest BCUT2D eigenvalue weighted by atomic mass is 35.5. The molecule has 6 nitrogen and oxygen atoms in total. The van der Waals surface area contributed by atoms with Gasteiger partial charge in [0, 0.05) is 33.7 Å². The van der Waals surface area contributed by atoms with Gasteiger partial charge in [0.05, 0.1) is 7.11 Å². The Morgan fingerprint density at radius 3 is 3.00 bits per heavy atom. The lowest BCUT2D eigenvalue weighted by atomic mass is 9.95. The zero-order valence-corrected chi connectivity index (χ0v) is 13.5. The van der Waals surface area contributed by atoms with Gasteiger partial charge in [-0.2, -0.15) is 0 Å². The van der Waals surface area contributed by atoms with Crippen LogP contribution in [0.3, 0.4) is 0 Å². The third kappa shape index (κ3) is 3.50.